The first-order valence-electron chi connectivity index (χ1n) is 6.44. The molecule has 0 heterocycles. The van der Waals surface area contributed by atoms with Gasteiger partial charge in [-0.2, -0.15) is 0 Å². The smallest absolute Gasteiger partial charge is 0.414 e. The zero-order valence-electron chi connectivity index (χ0n) is 11.7. The van der Waals surface area contributed by atoms with Gasteiger partial charge in [0.15, 0.2) is 0 Å². The van der Waals surface area contributed by atoms with Gasteiger partial charge < -0.3 is 15.5 Å². The Hall–Kier alpha value is -2.18. The van der Waals surface area contributed by atoms with E-state index < -0.39 is 11.9 Å². The first-order valence-corrected chi connectivity index (χ1v) is 7.23. The summed E-state index contributed by atoms with van der Waals surface area (Å²) in [5.74, 6) is -3.65. The standard InChI is InChI=1S/C14H14BrN.C2H2O4/c15-14-8-4-7-13(9-14)11-16-10-12-5-2-1-3-6-12;3-1(4)2(5)6/h1-9,16H,10-11H2;(H,3,4)(H,5,6). The maximum atomic E-state index is 9.10. The molecule has 0 saturated heterocycles. The molecule has 0 aromatic heterocycles. The zero-order chi connectivity index (χ0) is 16.4. The highest BCUT2D eigenvalue weighted by atomic mass is 79.9. The van der Waals surface area contributed by atoms with E-state index >= 15 is 0 Å². The van der Waals surface area contributed by atoms with E-state index in [4.69, 9.17) is 19.8 Å². The highest BCUT2D eigenvalue weighted by Gasteiger charge is 2.04. The predicted molar refractivity (Wildman–Crippen MR) is 86.4 cm³/mol. The van der Waals surface area contributed by atoms with Crippen LogP contribution in [0.25, 0.3) is 0 Å². The van der Waals surface area contributed by atoms with Gasteiger partial charge in [0.25, 0.3) is 0 Å². The molecular weight excluding hydrogens is 350 g/mol. The Bertz CT molecular complexity index is 605. The number of rotatable bonds is 4. The fraction of sp³-hybridized carbons (Fsp3) is 0.125. The van der Waals surface area contributed by atoms with E-state index in [2.05, 4.69) is 63.7 Å². The van der Waals surface area contributed by atoms with Crippen LogP contribution in [0.1, 0.15) is 11.1 Å². The van der Waals surface area contributed by atoms with Crippen LogP contribution in [0.15, 0.2) is 59.1 Å². The van der Waals surface area contributed by atoms with Crippen LogP contribution in [0.3, 0.4) is 0 Å². The third kappa shape index (κ3) is 7.56. The number of carbonyl (C=O) groups is 2. The van der Waals surface area contributed by atoms with Crippen LogP contribution < -0.4 is 5.32 Å². The van der Waals surface area contributed by atoms with Gasteiger partial charge >= 0.3 is 11.9 Å². The first kappa shape index (κ1) is 17.9. The fourth-order valence-electron chi connectivity index (χ4n) is 1.59. The van der Waals surface area contributed by atoms with Crippen LogP contribution in [0, 0.1) is 0 Å². The molecule has 116 valence electrons. The average molecular weight is 366 g/mol. The second-order valence-electron chi connectivity index (χ2n) is 4.33. The van der Waals surface area contributed by atoms with Crippen LogP contribution in [-0.2, 0) is 22.7 Å². The molecule has 2 aromatic rings. The summed E-state index contributed by atoms with van der Waals surface area (Å²) < 4.78 is 1.13. The monoisotopic (exact) mass is 365 g/mol. The molecule has 0 aliphatic heterocycles. The van der Waals surface area contributed by atoms with Crippen LogP contribution in [0.5, 0.6) is 0 Å². The molecule has 0 aliphatic carbocycles. The van der Waals surface area contributed by atoms with E-state index in [9.17, 15) is 0 Å². The van der Waals surface area contributed by atoms with Crippen molar-refractivity contribution in [3.63, 3.8) is 0 Å². The summed E-state index contributed by atoms with van der Waals surface area (Å²) in [6.07, 6.45) is 0. The Morgan fingerprint density at radius 3 is 1.95 bits per heavy atom. The molecule has 22 heavy (non-hydrogen) atoms. The van der Waals surface area contributed by atoms with Crippen LogP contribution >= 0.6 is 15.9 Å². The van der Waals surface area contributed by atoms with Gasteiger partial charge in [0.1, 0.15) is 0 Å². The summed E-state index contributed by atoms with van der Waals surface area (Å²) in [7, 11) is 0. The van der Waals surface area contributed by atoms with Gasteiger partial charge in [-0.3, -0.25) is 0 Å². The third-order valence-corrected chi connectivity index (χ3v) is 3.07. The quantitative estimate of drug-likeness (QED) is 0.725. The topological polar surface area (TPSA) is 86.6 Å². The number of aliphatic carboxylic acids is 2. The number of hydrogen-bond donors (Lipinski definition) is 3. The Balaban J connectivity index is 0.000000346. The molecule has 0 spiro atoms. The number of nitrogens with one attached hydrogen (secondary N) is 1. The van der Waals surface area contributed by atoms with Gasteiger partial charge in [-0.05, 0) is 23.3 Å². The molecule has 2 rings (SSSR count). The van der Waals surface area contributed by atoms with Crippen molar-refractivity contribution >= 4 is 27.9 Å². The van der Waals surface area contributed by atoms with E-state index in [0.717, 1.165) is 17.6 Å². The molecule has 5 nitrogen and oxygen atoms in total. The van der Waals surface area contributed by atoms with Crippen LogP contribution in [0.4, 0.5) is 0 Å². The van der Waals surface area contributed by atoms with Crippen LogP contribution in [-0.4, -0.2) is 22.2 Å². The molecular formula is C16H16BrNO4. The maximum absolute atomic E-state index is 9.10. The predicted octanol–water partition coefficient (Wildman–Crippen LogP) is 2.89. The minimum Gasteiger partial charge on any atom is -0.473 e. The number of benzene rings is 2. The number of carboxylic acid groups (broad SMARTS) is 2. The lowest BCUT2D eigenvalue weighted by atomic mass is 10.2. The lowest BCUT2D eigenvalue weighted by Gasteiger charge is -2.05. The third-order valence-electron chi connectivity index (χ3n) is 2.57. The molecule has 3 N–H and O–H groups in total. The van der Waals surface area contributed by atoms with Crippen molar-refractivity contribution in [1.29, 1.82) is 0 Å². The summed E-state index contributed by atoms with van der Waals surface area (Å²) in [6.45, 7) is 1.81. The second-order valence-corrected chi connectivity index (χ2v) is 5.25. The SMILES string of the molecule is Brc1cccc(CNCc2ccccc2)c1.O=C(O)C(=O)O. The number of halogens is 1. The average Bonchev–Trinajstić information content (AvgIpc) is 2.49. The molecule has 0 atom stereocenters. The minimum absolute atomic E-state index is 0.897. The summed E-state index contributed by atoms with van der Waals surface area (Å²) in [5.41, 5.74) is 2.61. The van der Waals surface area contributed by atoms with Crippen molar-refractivity contribution in [2.45, 2.75) is 13.1 Å². The second kappa shape index (κ2) is 9.70. The van der Waals surface area contributed by atoms with E-state index in [-0.39, 0.29) is 0 Å². The Morgan fingerprint density at radius 1 is 0.864 bits per heavy atom. The molecule has 0 amide bonds. The summed E-state index contributed by atoms with van der Waals surface area (Å²) in [5, 5.41) is 18.2. The number of hydrogen-bond acceptors (Lipinski definition) is 3. The van der Waals surface area contributed by atoms with Crippen molar-refractivity contribution in [3.8, 4) is 0 Å². The van der Waals surface area contributed by atoms with Crippen molar-refractivity contribution < 1.29 is 19.8 Å². The highest BCUT2D eigenvalue weighted by molar-refractivity contribution is 9.10. The normalized spacial score (nSPS) is 9.50. The first-order chi connectivity index (χ1) is 10.5. The molecule has 6 heteroatoms. The van der Waals surface area contributed by atoms with E-state index in [1.165, 1.54) is 11.1 Å². The lowest BCUT2D eigenvalue weighted by Crippen LogP contribution is -2.12. The van der Waals surface area contributed by atoms with Crippen molar-refractivity contribution in [1.82, 2.24) is 5.32 Å². The van der Waals surface area contributed by atoms with E-state index in [1.54, 1.807) is 0 Å². The van der Waals surface area contributed by atoms with Crippen molar-refractivity contribution in [2.24, 2.45) is 0 Å². The van der Waals surface area contributed by atoms with Crippen molar-refractivity contribution in [2.75, 3.05) is 0 Å². The fourth-order valence-corrected chi connectivity index (χ4v) is 2.04. The largest absolute Gasteiger partial charge is 0.473 e. The Morgan fingerprint density at radius 2 is 1.41 bits per heavy atom. The maximum Gasteiger partial charge on any atom is 0.414 e. The molecule has 0 bridgehead atoms. The molecule has 0 fully saturated rings. The molecule has 0 aliphatic rings. The number of carboxylic acids is 2. The minimum atomic E-state index is -1.82. The molecule has 0 radical (unpaired) electrons. The lowest BCUT2D eigenvalue weighted by molar-refractivity contribution is -0.159. The van der Waals surface area contributed by atoms with Gasteiger partial charge in [0.05, 0.1) is 0 Å². The molecule has 0 saturated carbocycles. The van der Waals surface area contributed by atoms with Gasteiger partial charge in [0.2, 0.25) is 0 Å². The van der Waals surface area contributed by atoms with Gasteiger partial charge in [-0.25, -0.2) is 9.59 Å². The summed E-state index contributed by atoms with van der Waals surface area (Å²) >= 11 is 3.47. The van der Waals surface area contributed by atoms with Crippen LogP contribution in [0.2, 0.25) is 0 Å². The molecule has 0 unspecified atom stereocenters. The van der Waals surface area contributed by atoms with E-state index in [1.807, 2.05) is 12.1 Å². The molecule has 2 aromatic carbocycles. The van der Waals surface area contributed by atoms with Crippen molar-refractivity contribution in [3.05, 3.63) is 70.2 Å². The summed E-state index contributed by atoms with van der Waals surface area (Å²) in [6, 6.07) is 18.8. The Kier molecular flexibility index (Phi) is 7.88. The van der Waals surface area contributed by atoms with Gasteiger partial charge in [0, 0.05) is 17.6 Å². The highest BCUT2D eigenvalue weighted by Crippen LogP contribution is 2.11. The zero-order valence-corrected chi connectivity index (χ0v) is 13.3. The van der Waals surface area contributed by atoms with Gasteiger partial charge in [-0.15, -0.1) is 0 Å². The van der Waals surface area contributed by atoms with Gasteiger partial charge in [-0.1, -0.05) is 58.4 Å². The Labute approximate surface area is 136 Å². The summed E-state index contributed by atoms with van der Waals surface area (Å²) in [4.78, 5) is 18.2. The van der Waals surface area contributed by atoms with E-state index in [0.29, 0.717) is 0 Å².